The van der Waals surface area contributed by atoms with Gasteiger partial charge in [-0.15, -0.1) is 11.8 Å². The molecule has 0 radical (unpaired) electrons. The Bertz CT molecular complexity index is 563. The quantitative estimate of drug-likeness (QED) is 0.520. The fraction of sp³-hybridized carbons (Fsp3) is 0.571. The summed E-state index contributed by atoms with van der Waals surface area (Å²) in [4.78, 5) is 0.904. The molecule has 1 aromatic carbocycles. The van der Waals surface area contributed by atoms with Gasteiger partial charge in [0, 0.05) is 29.0 Å². The number of aliphatic hydroxyl groups is 1. The number of aliphatic hydroxyl groups excluding tert-OH is 1. The van der Waals surface area contributed by atoms with E-state index in [1.54, 1.807) is 6.07 Å². The number of hydrogen-bond acceptors (Lipinski definition) is 5. The van der Waals surface area contributed by atoms with Crippen LogP contribution in [0.4, 0.5) is 5.69 Å². The van der Waals surface area contributed by atoms with Crippen molar-refractivity contribution in [3.8, 4) is 0 Å². The van der Waals surface area contributed by atoms with Gasteiger partial charge in [-0.1, -0.05) is 18.6 Å². The number of nitrogen functional groups attached to an aromatic ring is 1. The zero-order valence-corrected chi connectivity index (χ0v) is 13.5. The summed E-state index contributed by atoms with van der Waals surface area (Å²) in [5.41, 5.74) is 6.50. The summed E-state index contributed by atoms with van der Waals surface area (Å²) >= 11 is 1.44. The van der Waals surface area contributed by atoms with Crippen LogP contribution in [0.15, 0.2) is 29.2 Å². The maximum Gasteiger partial charge on any atom is 0.212 e. The molecule has 0 spiro atoms. The first kappa shape index (κ1) is 16.6. The lowest BCUT2D eigenvalue weighted by atomic mass is 10.1. The topological polar surface area (TPSA) is 92.4 Å². The van der Waals surface area contributed by atoms with Crippen molar-refractivity contribution < 1.29 is 13.5 Å². The maximum atomic E-state index is 12.1. The molecular formula is C14H22N2O3S2. The molecule has 2 rings (SSSR count). The van der Waals surface area contributed by atoms with Crippen LogP contribution in [0.25, 0.3) is 0 Å². The second kappa shape index (κ2) is 7.49. The fourth-order valence-electron chi connectivity index (χ4n) is 2.57. The molecule has 2 unspecified atom stereocenters. The number of sulfonamides is 1. The van der Waals surface area contributed by atoms with Crippen LogP contribution in [0, 0.1) is 5.92 Å². The Morgan fingerprint density at radius 2 is 2.10 bits per heavy atom. The summed E-state index contributed by atoms with van der Waals surface area (Å²) < 4.78 is 26.9. The average molecular weight is 330 g/mol. The third-order valence-electron chi connectivity index (χ3n) is 3.75. The Balaban J connectivity index is 1.83. The summed E-state index contributed by atoms with van der Waals surface area (Å²) in [7, 11) is -3.31. The molecule has 21 heavy (non-hydrogen) atoms. The second-order valence-electron chi connectivity index (χ2n) is 5.30. The van der Waals surface area contributed by atoms with Gasteiger partial charge in [-0.25, -0.2) is 13.1 Å². The zero-order chi connectivity index (χ0) is 15.3. The van der Waals surface area contributed by atoms with Crippen LogP contribution in [0.2, 0.25) is 0 Å². The molecule has 0 aliphatic heterocycles. The first-order valence-electron chi connectivity index (χ1n) is 7.10. The molecule has 0 heterocycles. The van der Waals surface area contributed by atoms with Crippen LogP contribution < -0.4 is 10.5 Å². The highest BCUT2D eigenvalue weighted by molar-refractivity contribution is 8.00. The zero-order valence-electron chi connectivity index (χ0n) is 11.9. The van der Waals surface area contributed by atoms with Gasteiger partial charge in [0.1, 0.15) is 0 Å². The van der Waals surface area contributed by atoms with Crippen molar-refractivity contribution >= 4 is 27.5 Å². The highest BCUT2D eigenvalue weighted by Crippen LogP contribution is 2.27. The lowest BCUT2D eigenvalue weighted by molar-refractivity contribution is 0.213. The minimum absolute atomic E-state index is 0.0441. The Labute approximate surface area is 130 Å². The molecule has 5 nitrogen and oxygen atoms in total. The van der Waals surface area contributed by atoms with Crippen LogP contribution >= 0.6 is 11.8 Å². The highest BCUT2D eigenvalue weighted by Gasteiger charge is 2.29. The number of nitrogens with one attached hydrogen (secondary N) is 1. The molecule has 1 aliphatic carbocycles. The van der Waals surface area contributed by atoms with Gasteiger partial charge in [-0.3, -0.25) is 0 Å². The van der Waals surface area contributed by atoms with Gasteiger partial charge in [0.25, 0.3) is 0 Å². The van der Waals surface area contributed by atoms with Gasteiger partial charge in [0.2, 0.25) is 10.0 Å². The summed E-state index contributed by atoms with van der Waals surface area (Å²) in [6.07, 6.45) is 2.66. The number of benzene rings is 1. The number of hydrogen-bond donors (Lipinski definition) is 3. The Hall–Kier alpha value is -0.760. The van der Waals surface area contributed by atoms with Gasteiger partial charge in [-0.2, -0.15) is 0 Å². The van der Waals surface area contributed by atoms with Crippen molar-refractivity contribution in [2.24, 2.45) is 5.92 Å². The van der Waals surface area contributed by atoms with Gasteiger partial charge in [-0.05, 0) is 30.9 Å². The van der Waals surface area contributed by atoms with E-state index in [2.05, 4.69) is 4.72 Å². The number of rotatable bonds is 7. The van der Waals surface area contributed by atoms with Gasteiger partial charge in [0.05, 0.1) is 5.75 Å². The van der Waals surface area contributed by atoms with Crippen LogP contribution in [-0.4, -0.2) is 37.7 Å². The average Bonchev–Trinajstić information content (AvgIpc) is 2.87. The van der Waals surface area contributed by atoms with Crippen LogP contribution in [0.5, 0.6) is 0 Å². The normalized spacial score (nSPS) is 22.5. The van der Waals surface area contributed by atoms with Crippen molar-refractivity contribution in [1.29, 1.82) is 0 Å². The molecule has 4 N–H and O–H groups in total. The van der Waals surface area contributed by atoms with E-state index in [9.17, 15) is 13.5 Å². The van der Waals surface area contributed by atoms with Crippen molar-refractivity contribution in [2.45, 2.75) is 30.2 Å². The first-order chi connectivity index (χ1) is 10.0. The highest BCUT2D eigenvalue weighted by atomic mass is 32.2. The van der Waals surface area contributed by atoms with Crippen molar-refractivity contribution in [1.82, 2.24) is 4.72 Å². The molecule has 1 aromatic rings. The molecule has 1 aliphatic rings. The standard InChI is InChI=1S/C14H22N2O3S2/c15-12-5-1-2-7-14(12)20-8-9-21(18,19)16-13-6-3-4-11(13)10-17/h1-2,5,7,11,13,16-17H,3-4,6,8-10,15H2. The summed E-state index contributed by atoms with van der Waals surface area (Å²) in [6.45, 7) is 0.0441. The van der Waals surface area contributed by atoms with Gasteiger partial charge in [0.15, 0.2) is 0 Å². The van der Waals surface area contributed by atoms with E-state index in [4.69, 9.17) is 5.73 Å². The smallest absolute Gasteiger partial charge is 0.212 e. The van der Waals surface area contributed by atoms with Crippen LogP contribution in [0.3, 0.4) is 0 Å². The molecule has 1 saturated carbocycles. The van der Waals surface area contributed by atoms with E-state index >= 15 is 0 Å². The van der Waals surface area contributed by atoms with E-state index in [1.807, 2.05) is 18.2 Å². The van der Waals surface area contributed by atoms with Crippen LogP contribution in [0.1, 0.15) is 19.3 Å². The maximum absolute atomic E-state index is 12.1. The van der Waals surface area contributed by atoms with Crippen LogP contribution in [-0.2, 0) is 10.0 Å². The van der Waals surface area contributed by atoms with E-state index < -0.39 is 10.0 Å². The Kier molecular flexibility index (Phi) is 5.92. The monoisotopic (exact) mass is 330 g/mol. The van der Waals surface area contributed by atoms with Gasteiger partial charge >= 0.3 is 0 Å². The van der Waals surface area contributed by atoms with Gasteiger partial charge < -0.3 is 10.8 Å². The van der Waals surface area contributed by atoms with Crippen molar-refractivity contribution in [3.05, 3.63) is 24.3 Å². The lowest BCUT2D eigenvalue weighted by Crippen LogP contribution is -2.40. The summed E-state index contributed by atoms with van der Waals surface area (Å²) in [5, 5.41) is 9.24. The fourth-order valence-corrected chi connectivity index (χ4v) is 5.30. The Morgan fingerprint density at radius 1 is 1.33 bits per heavy atom. The Morgan fingerprint density at radius 3 is 2.81 bits per heavy atom. The third-order valence-corrected chi connectivity index (χ3v) is 6.51. The summed E-state index contributed by atoms with van der Waals surface area (Å²) in [6, 6.07) is 7.31. The number of anilines is 1. The van der Waals surface area contributed by atoms with E-state index in [0.717, 1.165) is 24.2 Å². The molecule has 0 saturated heterocycles. The molecule has 7 heteroatoms. The van der Waals surface area contributed by atoms with Crippen molar-refractivity contribution in [3.63, 3.8) is 0 Å². The van der Waals surface area contributed by atoms with Crippen molar-refractivity contribution in [2.75, 3.05) is 23.8 Å². The predicted octanol–water partition coefficient (Wildman–Crippen LogP) is 1.44. The molecule has 0 bridgehead atoms. The van der Waals surface area contributed by atoms with E-state index in [1.165, 1.54) is 11.8 Å². The predicted molar refractivity (Wildman–Crippen MR) is 86.7 cm³/mol. The number of para-hydroxylation sites is 1. The minimum atomic E-state index is -3.31. The van der Waals surface area contributed by atoms with E-state index in [-0.39, 0.29) is 24.3 Å². The third kappa shape index (κ3) is 4.88. The number of thioether (sulfide) groups is 1. The lowest BCUT2D eigenvalue weighted by Gasteiger charge is -2.18. The molecule has 0 aromatic heterocycles. The van der Waals surface area contributed by atoms with E-state index in [0.29, 0.717) is 11.4 Å². The molecular weight excluding hydrogens is 308 g/mol. The summed E-state index contributed by atoms with van der Waals surface area (Å²) in [5.74, 6) is 0.568. The molecule has 118 valence electrons. The molecule has 0 amide bonds. The SMILES string of the molecule is Nc1ccccc1SCCS(=O)(=O)NC1CCCC1CO. The second-order valence-corrected chi connectivity index (χ2v) is 8.31. The largest absolute Gasteiger partial charge is 0.398 e. The minimum Gasteiger partial charge on any atom is -0.398 e. The number of nitrogens with two attached hydrogens (primary N) is 1. The first-order valence-corrected chi connectivity index (χ1v) is 9.74. The molecule has 2 atom stereocenters. The molecule has 1 fully saturated rings.